The molecule has 2 heteroatoms. The van der Waals surface area contributed by atoms with E-state index in [1.54, 1.807) is 0 Å². The molecule has 2 rings (SSSR count). The molecule has 0 unspecified atom stereocenters. The van der Waals surface area contributed by atoms with E-state index in [0.29, 0.717) is 0 Å². The highest BCUT2D eigenvalue weighted by molar-refractivity contribution is 4.77. The van der Waals surface area contributed by atoms with Gasteiger partial charge in [0.2, 0.25) is 0 Å². The van der Waals surface area contributed by atoms with Crippen molar-refractivity contribution in [1.29, 1.82) is 0 Å². The normalized spacial score (nSPS) is 32.2. The minimum absolute atomic E-state index is 0.0357. The molecule has 0 aromatic rings. The minimum atomic E-state index is -0.0357. The number of nitrogens with zero attached hydrogens (tertiary/aromatic N) is 1. The summed E-state index contributed by atoms with van der Waals surface area (Å²) in [6.45, 7) is 3.27. The second-order valence-electron chi connectivity index (χ2n) is 4.33. The van der Waals surface area contributed by atoms with E-state index in [9.17, 15) is 5.11 Å². The zero-order valence-corrected chi connectivity index (χ0v) is 7.71. The smallest absolute Gasteiger partial charge is 0.0679 e. The van der Waals surface area contributed by atoms with E-state index in [-0.39, 0.29) is 6.10 Å². The molecule has 0 radical (unpaired) electrons. The fraction of sp³-hybridized carbons (Fsp3) is 1.00. The molecule has 1 saturated heterocycles. The molecule has 0 aromatic carbocycles. The van der Waals surface area contributed by atoms with Crippen LogP contribution >= 0.6 is 0 Å². The Kier molecular flexibility index (Phi) is 2.66. The van der Waals surface area contributed by atoms with Crippen molar-refractivity contribution >= 4 is 0 Å². The minimum Gasteiger partial charge on any atom is -0.392 e. The van der Waals surface area contributed by atoms with Crippen molar-refractivity contribution in [2.75, 3.05) is 19.6 Å². The van der Waals surface area contributed by atoms with Crippen LogP contribution in [0, 0.1) is 5.92 Å². The van der Waals surface area contributed by atoms with Gasteiger partial charge >= 0.3 is 0 Å². The van der Waals surface area contributed by atoms with Crippen molar-refractivity contribution < 1.29 is 5.11 Å². The number of aliphatic hydroxyl groups excluding tert-OH is 1. The van der Waals surface area contributed by atoms with Crippen molar-refractivity contribution in [3.63, 3.8) is 0 Å². The molecule has 0 spiro atoms. The third-order valence-corrected chi connectivity index (χ3v) is 3.33. The fourth-order valence-electron chi connectivity index (χ4n) is 2.16. The lowest BCUT2D eigenvalue weighted by Crippen LogP contribution is -2.26. The molecule has 0 bridgehead atoms. The molecule has 0 aromatic heterocycles. The first-order valence-electron chi connectivity index (χ1n) is 5.25. The van der Waals surface area contributed by atoms with Crippen molar-refractivity contribution in [2.24, 2.45) is 5.92 Å². The number of rotatable bonds is 3. The molecular formula is C10H19NO. The van der Waals surface area contributed by atoms with E-state index in [1.807, 2.05) is 0 Å². The van der Waals surface area contributed by atoms with Crippen molar-refractivity contribution in [3.8, 4) is 0 Å². The fourth-order valence-corrected chi connectivity index (χ4v) is 2.16. The van der Waals surface area contributed by atoms with E-state index in [4.69, 9.17) is 0 Å². The summed E-state index contributed by atoms with van der Waals surface area (Å²) in [6.07, 6.45) is 6.68. The zero-order valence-electron chi connectivity index (χ0n) is 7.71. The van der Waals surface area contributed by atoms with E-state index in [1.165, 1.54) is 32.2 Å². The number of hydrogen-bond acceptors (Lipinski definition) is 2. The molecule has 2 fully saturated rings. The van der Waals surface area contributed by atoms with Crippen LogP contribution in [-0.2, 0) is 0 Å². The van der Waals surface area contributed by atoms with Gasteiger partial charge in [-0.25, -0.2) is 0 Å². The van der Waals surface area contributed by atoms with Gasteiger partial charge in [-0.3, -0.25) is 0 Å². The van der Waals surface area contributed by atoms with Crippen LogP contribution in [0.4, 0.5) is 0 Å². The molecule has 0 amide bonds. The van der Waals surface area contributed by atoms with Crippen LogP contribution in [0.15, 0.2) is 0 Å². The van der Waals surface area contributed by atoms with Gasteiger partial charge in [-0.15, -0.1) is 0 Å². The van der Waals surface area contributed by atoms with Gasteiger partial charge in [-0.05, 0) is 25.3 Å². The summed E-state index contributed by atoms with van der Waals surface area (Å²) >= 11 is 0. The Morgan fingerprint density at radius 2 is 2.08 bits per heavy atom. The van der Waals surface area contributed by atoms with Crippen LogP contribution in [0.2, 0.25) is 0 Å². The standard InChI is InChI=1S/C10H19NO/c12-10-5-7-11(8-10)6-4-9-2-1-3-9/h9-10,12H,1-8H2/t10-/m0/s1. The van der Waals surface area contributed by atoms with Gasteiger partial charge in [0, 0.05) is 13.1 Å². The van der Waals surface area contributed by atoms with Crippen molar-refractivity contribution in [2.45, 2.75) is 38.2 Å². The third-order valence-electron chi connectivity index (χ3n) is 3.33. The largest absolute Gasteiger partial charge is 0.392 e. The van der Waals surface area contributed by atoms with Crippen molar-refractivity contribution in [1.82, 2.24) is 4.90 Å². The molecule has 12 heavy (non-hydrogen) atoms. The topological polar surface area (TPSA) is 23.5 Å². The summed E-state index contributed by atoms with van der Waals surface area (Å²) < 4.78 is 0. The summed E-state index contributed by atoms with van der Waals surface area (Å²) in [5.74, 6) is 1.02. The van der Waals surface area contributed by atoms with E-state index < -0.39 is 0 Å². The Morgan fingerprint density at radius 3 is 2.58 bits per heavy atom. The molecular weight excluding hydrogens is 150 g/mol. The third kappa shape index (κ3) is 1.99. The highest BCUT2D eigenvalue weighted by Gasteiger charge is 2.22. The van der Waals surface area contributed by atoms with Crippen LogP contribution in [0.1, 0.15) is 32.1 Å². The van der Waals surface area contributed by atoms with Gasteiger partial charge in [-0.1, -0.05) is 19.3 Å². The van der Waals surface area contributed by atoms with Gasteiger partial charge < -0.3 is 10.0 Å². The summed E-state index contributed by atoms with van der Waals surface area (Å²) in [4.78, 5) is 2.41. The van der Waals surface area contributed by atoms with Crippen LogP contribution in [0.3, 0.4) is 0 Å². The Hall–Kier alpha value is -0.0800. The highest BCUT2D eigenvalue weighted by atomic mass is 16.3. The van der Waals surface area contributed by atoms with Crippen LogP contribution in [-0.4, -0.2) is 35.7 Å². The van der Waals surface area contributed by atoms with Crippen molar-refractivity contribution in [3.05, 3.63) is 0 Å². The number of aliphatic hydroxyl groups is 1. The van der Waals surface area contributed by atoms with Gasteiger partial charge in [0.1, 0.15) is 0 Å². The van der Waals surface area contributed by atoms with E-state index in [0.717, 1.165) is 25.4 Å². The zero-order chi connectivity index (χ0) is 8.39. The Bertz CT molecular complexity index is 145. The molecule has 2 nitrogen and oxygen atoms in total. The lowest BCUT2D eigenvalue weighted by atomic mass is 9.83. The second kappa shape index (κ2) is 3.75. The predicted molar refractivity (Wildman–Crippen MR) is 49.0 cm³/mol. The Labute approximate surface area is 74.6 Å². The SMILES string of the molecule is O[C@H]1CCN(CCC2CCC2)C1. The molecule has 1 aliphatic heterocycles. The Morgan fingerprint density at radius 1 is 1.25 bits per heavy atom. The molecule has 1 aliphatic carbocycles. The van der Waals surface area contributed by atoms with Crippen LogP contribution in [0.5, 0.6) is 0 Å². The second-order valence-corrected chi connectivity index (χ2v) is 4.33. The lowest BCUT2D eigenvalue weighted by molar-refractivity contribution is 0.169. The van der Waals surface area contributed by atoms with Gasteiger partial charge in [0.05, 0.1) is 6.10 Å². The van der Waals surface area contributed by atoms with Gasteiger partial charge in [0.15, 0.2) is 0 Å². The number of hydrogen-bond donors (Lipinski definition) is 1. The van der Waals surface area contributed by atoms with Gasteiger partial charge in [0.25, 0.3) is 0 Å². The predicted octanol–water partition coefficient (Wildman–Crippen LogP) is 1.24. The summed E-state index contributed by atoms with van der Waals surface area (Å²) in [6, 6.07) is 0. The first-order valence-corrected chi connectivity index (χ1v) is 5.25. The molecule has 1 saturated carbocycles. The maximum absolute atomic E-state index is 9.29. The number of β-amino-alcohol motifs (C(OH)–C–C–N with tert-alkyl or cyclic N) is 1. The number of likely N-dealkylation sites (tertiary alicyclic amines) is 1. The molecule has 70 valence electrons. The average Bonchev–Trinajstić information content (AvgIpc) is 2.32. The lowest BCUT2D eigenvalue weighted by Gasteiger charge is -2.27. The maximum atomic E-state index is 9.29. The summed E-state index contributed by atoms with van der Waals surface area (Å²) in [7, 11) is 0. The summed E-state index contributed by atoms with van der Waals surface area (Å²) in [5, 5.41) is 9.29. The van der Waals surface area contributed by atoms with E-state index in [2.05, 4.69) is 4.90 Å². The highest BCUT2D eigenvalue weighted by Crippen LogP contribution is 2.29. The average molecular weight is 169 g/mol. The van der Waals surface area contributed by atoms with Gasteiger partial charge in [-0.2, -0.15) is 0 Å². The Balaban J connectivity index is 1.60. The summed E-state index contributed by atoms with van der Waals surface area (Å²) in [5.41, 5.74) is 0. The molecule has 2 aliphatic rings. The molecule has 1 atom stereocenters. The first-order chi connectivity index (χ1) is 5.84. The first kappa shape index (κ1) is 8.52. The van der Waals surface area contributed by atoms with Crippen LogP contribution in [0.25, 0.3) is 0 Å². The van der Waals surface area contributed by atoms with Crippen LogP contribution < -0.4 is 0 Å². The maximum Gasteiger partial charge on any atom is 0.0679 e. The molecule has 1 heterocycles. The monoisotopic (exact) mass is 169 g/mol. The molecule has 1 N–H and O–H groups in total. The quantitative estimate of drug-likeness (QED) is 0.687. The van der Waals surface area contributed by atoms with E-state index >= 15 is 0 Å².